The summed E-state index contributed by atoms with van der Waals surface area (Å²) in [6, 6.07) is 0. The van der Waals surface area contributed by atoms with Crippen molar-refractivity contribution in [3.63, 3.8) is 0 Å². The third-order valence-electron chi connectivity index (χ3n) is 6.55. The molecule has 2 saturated heterocycles. The molecule has 3 amide bonds. The highest BCUT2D eigenvalue weighted by atomic mass is 16.6. The Balaban J connectivity index is 1.10. The van der Waals surface area contributed by atoms with Crippen LogP contribution in [-0.2, 0) is 46.4 Å². The predicted molar refractivity (Wildman–Crippen MR) is 132 cm³/mol. The highest BCUT2D eigenvalue weighted by Crippen LogP contribution is 2.23. The number of ether oxygens (including phenoxy) is 4. The van der Waals surface area contributed by atoms with Crippen LogP contribution in [0.5, 0.6) is 0 Å². The lowest BCUT2D eigenvalue weighted by Gasteiger charge is -2.15. The molecule has 12 nitrogen and oxygen atoms in total. The van der Waals surface area contributed by atoms with Crippen LogP contribution in [0.3, 0.4) is 0 Å². The maximum absolute atomic E-state index is 12.2. The third-order valence-corrected chi connectivity index (χ3v) is 6.55. The molecular formula is C25H41N5O7. The second kappa shape index (κ2) is 15.8. The molecule has 1 aromatic heterocycles. The first kappa shape index (κ1) is 29.2. The fourth-order valence-corrected chi connectivity index (χ4v) is 4.32. The summed E-state index contributed by atoms with van der Waals surface area (Å²) in [4.78, 5) is 39.5. The summed E-state index contributed by atoms with van der Waals surface area (Å²) < 4.78 is 23.6. The van der Waals surface area contributed by atoms with Gasteiger partial charge in [0.1, 0.15) is 5.69 Å². The Morgan fingerprint density at radius 2 is 1.65 bits per heavy atom. The van der Waals surface area contributed by atoms with E-state index in [0.29, 0.717) is 83.9 Å². The smallest absolute Gasteiger partial charge is 0.233 e. The molecule has 0 saturated carbocycles. The first-order valence-corrected chi connectivity index (χ1v) is 13.3. The molecule has 37 heavy (non-hydrogen) atoms. The van der Waals surface area contributed by atoms with Gasteiger partial charge in [0.25, 0.3) is 0 Å². The van der Waals surface area contributed by atoms with E-state index in [4.69, 9.17) is 18.9 Å². The fraction of sp³-hybridized carbons (Fsp3) is 0.800. The van der Waals surface area contributed by atoms with Crippen LogP contribution in [0.15, 0.2) is 6.20 Å². The van der Waals surface area contributed by atoms with Gasteiger partial charge in [-0.05, 0) is 18.8 Å². The van der Waals surface area contributed by atoms with Crippen LogP contribution < -0.4 is 0 Å². The van der Waals surface area contributed by atoms with E-state index in [1.54, 1.807) is 10.9 Å². The van der Waals surface area contributed by atoms with Gasteiger partial charge in [0, 0.05) is 25.4 Å². The van der Waals surface area contributed by atoms with Crippen LogP contribution in [0.1, 0.15) is 45.2 Å². The number of amides is 3. The molecular weight excluding hydrogens is 482 g/mol. The average Bonchev–Trinajstić information content (AvgIpc) is 3.60. The molecule has 2 atom stereocenters. The van der Waals surface area contributed by atoms with Crippen molar-refractivity contribution >= 4 is 17.7 Å². The van der Waals surface area contributed by atoms with Crippen molar-refractivity contribution in [2.45, 2.75) is 52.6 Å². The zero-order valence-electron chi connectivity index (χ0n) is 22.1. The number of aromatic nitrogens is 3. The monoisotopic (exact) mass is 523 g/mol. The summed E-state index contributed by atoms with van der Waals surface area (Å²) in [5, 5.41) is 8.08. The molecule has 0 N–H and O–H groups in total. The second-order valence-electron chi connectivity index (χ2n) is 9.53. The number of carbonyl (C=O) groups excluding carboxylic acids is 3. The zero-order chi connectivity index (χ0) is 26.5. The molecule has 0 bridgehead atoms. The predicted octanol–water partition coefficient (Wildman–Crippen LogP) is 0.888. The Morgan fingerprint density at radius 3 is 2.24 bits per heavy atom. The van der Waals surface area contributed by atoms with Crippen molar-refractivity contribution in [1.29, 1.82) is 0 Å². The van der Waals surface area contributed by atoms with Crippen LogP contribution in [0.4, 0.5) is 0 Å². The Labute approximate surface area is 218 Å². The first-order chi connectivity index (χ1) is 18.0. The van der Waals surface area contributed by atoms with Crippen molar-refractivity contribution in [3.05, 3.63) is 11.9 Å². The summed E-state index contributed by atoms with van der Waals surface area (Å²) in [7, 11) is 0. The van der Waals surface area contributed by atoms with Gasteiger partial charge in [0.15, 0.2) is 0 Å². The van der Waals surface area contributed by atoms with Gasteiger partial charge in [-0.3, -0.25) is 19.3 Å². The number of rotatable bonds is 18. The van der Waals surface area contributed by atoms with Gasteiger partial charge >= 0.3 is 0 Å². The molecule has 1 unspecified atom stereocenters. The maximum Gasteiger partial charge on any atom is 0.233 e. The van der Waals surface area contributed by atoms with Gasteiger partial charge in [-0.25, -0.2) is 4.68 Å². The number of likely N-dealkylation sites (tertiary alicyclic amines) is 2. The van der Waals surface area contributed by atoms with Crippen molar-refractivity contribution < 1.29 is 33.3 Å². The van der Waals surface area contributed by atoms with E-state index in [-0.39, 0.29) is 36.6 Å². The summed E-state index contributed by atoms with van der Waals surface area (Å²) in [5.74, 6) is 0.285. The van der Waals surface area contributed by atoms with E-state index in [0.717, 1.165) is 19.5 Å². The van der Waals surface area contributed by atoms with Crippen molar-refractivity contribution in [2.24, 2.45) is 11.8 Å². The van der Waals surface area contributed by atoms with Crippen LogP contribution in [0, 0.1) is 11.8 Å². The molecule has 3 heterocycles. The van der Waals surface area contributed by atoms with Crippen molar-refractivity contribution in [1.82, 2.24) is 24.8 Å². The minimum absolute atomic E-state index is 0.125. The number of imide groups is 1. The van der Waals surface area contributed by atoms with Crippen LogP contribution in [0.25, 0.3) is 0 Å². The first-order valence-electron chi connectivity index (χ1n) is 13.3. The molecule has 3 rings (SSSR count). The van der Waals surface area contributed by atoms with E-state index in [1.807, 2.05) is 11.8 Å². The normalized spacial score (nSPS) is 19.9. The van der Waals surface area contributed by atoms with Gasteiger partial charge < -0.3 is 23.8 Å². The Hall–Kier alpha value is -2.41. The zero-order valence-corrected chi connectivity index (χ0v) is 22.1. The van der Waals surface area contributed by atoms with Gasteiger partial charge in [0.2, 0.25) is 17.7 Å². The lowest BCUT2D eigenvalue weighted by atomic mass is 10.1. The molecule has 2 aliphatic heterocycles. The minimum Gasteiger partial charge on any atom is -0.379 e. The molecule has 1 aromatic rings. The van der Waals surface area contributed by atoms with Gasteiger partial charge in [-0.2, -0.15) is 0 Å². The molecule has 0 spiro atoms. The van der Waals surface area contributed by atoms with Crippen LogP contribution in [0.2, 0.25) is 0 Å². The van der Waals surface area contributed by atoms with E-state index >= 15 is 0 Å². The largest absolute Gasteiger partial charge is 0.379 e. The van der Waals surface area contributed by atoms with Gasteiger partial charge in [-0.1, -0.05) is 19.1 Å². The molecule has 0 radical (unpaired) electrons. The number of hydrogen-bond acceptors (Lipinski definition) is 9. The fourth-order valence-electron chi connectivity index (χ4n) is 4.32. The quantitative estimate of drug-likeness (QED) is 0.204. The number of hydrogen-bond donors (Lipinski definition) is 0. The third kappa shape index (κ3) is 9.76. The van der Waals surface area contributed by atoms with Gasteiger partial charge in [-0.15, -0.1) is 5.10 Å². The Bertz CT molecular complexity index is 864. The van der Waals surface area contributed by atoms with Crippen molar-refractivity contribution in [3.8, 4) is 0 Å². The molecule has 2 fully saturated rings. The number of carbonyl (C=O) groups is 3. The van der Waals surface area contributed by atoms with E-state index in [1.165, 1.54) is 4.90 Å². The Morgan fingerprint density at radius 1 is 1.00 bits per heavy atom. The van der Waals surface area contributed by atoms with Crippen LogP contribution >= 0.6 is 0 Å². The van der Waals surface area contributed by atoms with E-state index < -0.39 is 0 Å². The highest BCUT2D eigenvalue weighted by molar-refractivity contribution is 6.03. The van der Waals surface area contributed by atoms with Gasteiger partial charge in [0.05, 0.1) is 78.6 Å². The molecule has 0 aromatic carbocycles. The molecule has 2 aliphatic rings. The molecule has 208 valence electrons. The number of nitrogens with zero attached hydrogens (tertiary/aromatic N) is 5. The van der Waals surface area contributed by atoms with Crippen molar-refractivity contribution in [2.75, 3.05) is 65.9 Å². The second-order valence-corrected chi connectivity index (χ2v) is 9.53. The minimum atomic E-state index is -0.213. The van der Waals surface area contributed by atoms with E-state index in [2.05, 4.69) is 17.2 Å². The van der Waals surface area contributed by atoms with Crippen LogP contribution in [-0.4, -0.2) is 108 Å². The summed E-state index contributed by atoms with van der Waals surface area (Å²) in [5.41, 5.74) is 0.581. The lowest BCUT2D eigenvalue weighted by Crippen LogP contribution is -2.30. The summed E-state index contributed by atoms with van der Waals surface area (Å²) >= 11 is 0. The SMILES string of the molecule is CCC1CC(=O)N(Cc2cn(CCOCCOCCOCCOCCC(=O)N3CC[C@H](C)C3)nn2)C1=O. The Kier molecular flexibility index (Phi) is 12.4. The lowest BCUT2D eigenvalue weighted by molar-refractivity contribution is -0.140. The van der Waals surface area contributed by atoms with E-state index in [9.17, 15) is 14.4 Å². The summed E-state index contributed by atoms with van der Waals surface area (Å²) in [6.07, 6.45) is 4.19. The standard InChI is InChI=1S/C25H41N5O7/c1-3-21-16-24(32)30(25(21)33)19-22-18-29(27-26-22)7-9-35-11-13-37-15-14-36-12-10-34-8-5-23(31)28-6-4-20(2)17-28/h18,20-21H,3-17,19H2,1-2H3/t20-,21?/m0/s1. The average molecular weight is 524 g/mol. The maximum atomic E-state index is 12.2. The summed E-state index contributed by atoms with van der Waals surface area (Å²) in [6.45, 7) is 10.1. The molecule has 12 heteroatoms. The highest BCUT2D eigenvalue weighted by Gasteiger charge is 2.37. The topological polar surface area (TPSA) is 125 Å². The molecule has 0 aliphatic carbocycles.